The lowest BCUT2D eigenvalue weighted by Gasteiger charge is -2.25. The van der Waals surface area contributed by atoms with Gasteiger partial charge in [-0.05, 0) is 61.9 Å². The third-order valence-corrected chi connectivity index (χ3v) is 7.21. The monoisotopic (exact) mass is 426 g/mol. The summed E-state index contributed by atoms with van der Waals surface area (Å²) < 4.78 is 12.7. The summed E-state index contributed by atoms with van der Waals surface area (Å²) in [5, 5.41) is 4.49. The van der Waals surface area contributed by atoms with E-state index in [1.54, 1.807) is 19.5 Å². The number of rotatable bonds is 4. The average molecular weight is 427 g/mol. The van der Waals surface area contributed by atoms with Gasteiger partial charge in [0, 0.05) is 16.9 Å². The minimum Gasteiger partial charge on any atom is -0.398 e. The summed E-state index contributed by atoms with van der Waals surface area (Å²) in [6.45, 7) is 3.51. The Labute approximate surface area is 176 Å². The molecular formula is C22H24ClN4OP. The number of anilines is 3. The van der Waals surface area contributed by atoms with Crippen molar-refractivity contribution in [2.45, 2.75) is 25.2 Å². The maximum absolute atomic E-state index is 12.7. The number of aromatic nitrogens is 2. The van der Waals surface area contributed by atoms with Gasteiger partial charge in [-0.2, -0.15) is 0 Å². The van der Waals surface area contributed by atoms with Crippen molar-refractivity contribution >= 4 is 41.2 Å². The van der Waals surface area contributed by atoms with Gasteiger partial charge in [-0.15, -0.1) is 0 Å². The van der Waals surface area contributed by atoms with E-state index in [1.165, 1.54) is 11.1 Å². The van der Waals surface area contributed by atoms with E-state index in [1.807, 2.05) is 36.4 Å². The van der Waals surface area contributed by atoms with Crippen LogP contribution < -0.4 is 16.4 Å². The van der Waals surface area contributed by atoms with Gasteiger partial charge in [0.25, 0.3) is 0 Å². The molecule has 0 saturated carbocycles. The predicted molar refractivity (Wildman–Crippen MR) is 121 cm³/mol. The number of nitrogens with two attached hydrogens (primary N) is 1. The fourth-order valence-corrected chi connectivity index (χ4v) is 5.19. The largest absolute Gasteiger partial charge is 0.398 e. The quantitative estimate of drug-likeness (QED) is 0.454. The fraction of sp³-hybridized carbons (Fsp3) is 0.273. The topological polar surface area (TPSA) is 80.9 Å². The molecule has 1 aromatic heterocycles. The van der Waals surface area contributed by atoms with Crippen molar-refractivity contribution in [1.82, 2.24) is 9.97 Å². The third kappa shape index (κ3) is 4.17. The number of para-hydroxylation sites is 1. The number of nitrogens with one attached hydrogen (secondary N) is 1. The van der Waals surface area contributed by atoms with Crippen LogP contribution in [0.3, 0.4) is 0 Å². The van der Waals surface area contributed by atoms with Gasteiger partial charge in [0.1, 0.15) is 18.0 Å². The molecular weight excluding hydrogens is 403 g/mol. The molecule has 0 radical (unpaired) electrons. The van der Waals surface area contributed by atoms with Crippen molar-refractivity contribution in [1.29, 1.82) is 0 Å². The summed E-state index contributed by atoms with van der Waals surface area (Å²) in [7, 11) is -2.45. The zero-order valence-electron chi connectivity index (χ0n) is 16.5. The second-order valence-corrected chi connectivity index (χ2v) is 11.4. The number of fused-ring (bicyclic) bond motifs is 1. The van der Waals surface area contributed by atoms with Crippen LogP contribution in [-0.2, 0) is 17.4 Å². The maximum Gasteiger partial charge on any atom is 0.153 e. The molecule has 1 heterocycles. The van der Waals surface area contributed by atoms with Crippen LogP contribution in [0.25, 0.3) is 0 Å². The Hall–Kier alpha value is -2.36. The first kappa shape index (κ1) is 19.9. The van der Waals surface area contributed by atoms with Gasteiger partial charge in [-0.1, -0.05) is 35.9 Å². The highest BCUT2D eigenvalue weighted by atomic mass is 35.5. The highest BCUT2D eigenvalue weighted by Gasteiger charge is 2.24. The van der Waals surface area contributed by atoms with E-state index in [9.17, 15) is 4.57 Å². The van der Waals surface area contributed by atoms with E-state index in [2.05, 4.69) is 16.4 Å². The molecule has 2 aromatic carbocycles. The van der Waals surface area contributed by atoms with Crippen LogP contribution in [0.1, 0.15) is 29.3 Å². The molecule has 0 fully saturated rings. The lowest BCUT2D eigenvalue weighted by molar-refractivity contribution is 0.556. The number of halogens is 1. The first-order chi connectivity index (χ1) is 13.8. The van der Waals surface area contributed by atoms with Crippen LogP contribution in [0.5, 0.6) is 0 Å². The predicted octanol–water partition coefficient (Wildman–Crippen LogP) is 4.98. The van der Waals surface area contributed by atoms with Gasteiger partial charge in [0.15, 0.2) is 5.82 Å². The molecule has 1 atom stereocenters. The van der Waals surface area contributed by atoms with E-state index in [-0.39, 0.29) is 5.92 Å². The molecule has 7 heteroatoms. The van der Waals surface area contributed by atoms with Crippen LogP contribution in [0.2, 0.25) is 5.02 Å². The summed E-state index contributed by atoms with van der Waals surface area (Å²) >= 11 is 6.38. The molecule has 29 heavy (non-hydrogen) atoms. The van der Waals surface area contributed by atoms with Crippen molar-refractivity contribution in [3.63, 3.8) is 0 Å². The van der Waals surface area contributed by atoms with Gasteiger partial charge in [-0.25, -0.2) is 9.97 Å². The molecule has 0 bridgehead atoms. The molecule has 1 unspecified atom stereocenters. The van der Waals surface area contributed by atoms with Crippen LogP contribution >= 0.6 is 18.7 Å². The average Bonchev–Trinajstić information content (AvgIpc) is 2.69. The maximum atomic E-state index is 12.7. The van der Waals surface area contributed by atoms with Gasteiger partial charge in [0.05, 0.1) is 11.9 Å². The minimum atomic E-state index is -2.45. The van der Waals surface area contributed by atoms with E-state index in [0.717, 1.165) is 41.8 Å². The molecule has 1 aliphatic rings. The molecule has 1 aliphatic carbocycles. The SMILES string of the molecule is CP(C)(=O)c1ccccc1Nc1nc(C2CCc3c(N)cccc3C2)ncc1Cl. The normalized spacial score (nSPS) is 16.3. The minimum absolute atomic E-state index is 0.209. The van der Waals surface area contributed by atoms with Gasteiger partial charge in [-0.3, -0.25) is 0 Å². The third-order valence-electron chi connectivity index (χ3n) is 5.38. The van der Waals surface area contributed by atoms with Crippen molar-refractivity contribution in [3.05, 3.63) is 70.6 Å². The molecule has 0 amide bonds. The summed E-state index contributed by atoms with van der Waals surface area (Å²) in [6, 6.07) is 13.6. The summed E-state index contributed by atoms with van der Waals surface area (Å²) in [6.07, 6.45) is 4.36. The molecule has 0 saturated heterocycles. The number of nitrogen functional groups attached to an aromatic ring is 1. The highest BCUT2D eigenvalue weighted by Crippen LogP contribution is 2.39. The second-order valence-electron chi connectivity index (χ2n) is 7.84. The van der Waals surface area contributed by atoms with Crippen LogP contribution in [-0.4, -0.2) is 23.3 Å². The van der Waals surface area contributed by atoms with Crippen molar-refractivity contribution in [3.8, 4) is 0 Å². The van der Waals surface area contributed by atoms with Crippen molar-refractivity contribution in [2.75, 3.05) is 24.4 Å². The molecule has 5 nitrogen and oxygen atoms in total. The Balaban J connectivity index is 1.64. The Bertz CT molecular complexity index is 1110. The van der Waals surface area contributed by atoms with Crippen molar-refractivity contribution in [2.24, 2.45) is 0 Å². The molecule has 4 rings (SSSR count). The standard InChI is InChI=1S/C22H24ClN4OP/c1-29(2,28)20-9-4-3-8-19(20)26-22-17(23)13-25-21(27-22)15-10-11-16-14(12-15)6-5-7-18(16)24/h3-9,13,15H,10-12,24H2,1-2H3,(H,25,26,27). The first-order valence-corrected chi connectivity index (χ1v) is 12.6. The van der Waals surface area contributed by atoms with Crippen molar-refractivity contribution < 1.29 is 4.57 Å². The Kier molecular flexibility index (Phi) is 5.37. The molecule has 150 valence electrons. The number of hydrogen-bond donors (Lipinski definition) is 2. The number of nitrogens with zero attached hydrogens (tertiary/aromatic N) is 2. The summed E-state index contributed by atoms with van der Waals surface area (Å²) in [4.78, 5) is 9.24. The summed E-state index contributed by atoms with van der Waals surface area (Å²) in [5.41, 5.74) is 10.2. The second kappa shape index (κ2) is 7.81. The zero-order chi connectivity index (χ0) is 20.6. The Morgan fingerprint density at radius 2 is 1.97 bits per heavy atom. The molecule has 3 N–H and O–H groups in total. The zero-order valence-corrected chi connectivity index (χ0v) is 18.2. The Morgan fingerprint density at radius 3 is 2.76 bits per heavy atom. The molecule has 0 spiro atoms. The van der Waals surface area contributed by atoms with Crippen LogP contribution in [0, 0.1) is 0 Å². The molecule has 3 aromatic rings. The van der Waals surface area contributed by atoms with Gasteiger partial charge < -0.3 is 15.6 Å². The molecule has 0 aliphatic heterocycles. The van der Waals surface area contributed by atoms with E-state index in [0.29, 0.717) is 10.8 Å². The summed E-state index contributed by atoms with van der Waals surface area (Å²) in [5.74, 6) is 1.51. The van der Waals surface area contributed by atoms with Crippen LogP contribution in [0.4, 0.5) is 17.2 Å². The van der Waals surface area contributed by atoms with E-state index < -0.39 is 7.14 Å². The fourth-order valence-electron chi connectivity index (χ4n) is 3.90. The van der Waals surface area contributed by atoms with E-state index >= 15 is 0 Å². The lowest BCUT2D eigenvalue weighted by atomic mass is 9.82. The first-order valence-electron chi connectivity index (χ1n) is 9.63. The van der Waals surface area contributed by atoms with E-state index in [4.69, 9.17) is 22.3 Å². The highest BCUT2D eigenvalue weighted by molar-refractivity contribution is 7.70. The Morgan fingerprint density at radius 1 is 1.17 bits per heavy atom. The number of hydrogen-bond acceptors (Lipinski definition) is 5. The smallest absolute Gasteiger partial charge is 0.153 e. The number of benzene rings is 2. The van der Waals surface area contributed by atoms with Gasteiger partial charge >= 0.3 is 0 Å². The van der Waals surface area contributed by atoms with Gasteiger partial charge in [0.2, 0.25) is 0 Å². The lowest BCUT2D eigenvalue weighted by Crippen LogP contribution is -2.17. The van der Waals surface area contributed by atoms with Crippen LogP contribution in [0.15, 0.2) is 48.7 Å².